The number of benzene rings is 1. The number of halogens is 2. The van der Waals surface area contributed by atoms with Gasteiger partial charge in [-0.1, -0.05) is 23.2 Å². The first-order chi connectivity index (χ1) is 12.2. The fraction of sp³-hybridized carbons (Fsp3) is 0.500. The van der Waals surface area contributed by atoms with Crippen LogP contribution in [0.3, 0.4) is 0 Å². The molecule has 1 N–H and O–H groups in total. The Morgan fingerprint density at radius 3 is 2.50 bits per heavy atom. The Balaban J connectivity index is 1.75. The summed E-state index contributed by atoms with van der Waals surface area (Å²) in [5, 5.41) is 3.80. The highest BCUT2D eigenvalue weighted by Gasteiger charge is 2.36. The predicted octanol–water partition coefficient (Wildman–Crippen LogP) is 4.30. The van der Waals surface area contributed by atoms with Crippen molar-refractivity contribution in [2.75, 3.05) is 23.3 Å². The highest BCUT2D eigenvalue weighted by atomic mass is 35.5. The summed E-state index contributed by atoms with van der Waals surface area (Å²) in [5.74, 6) is 2.26. The number of fused-ring (bicyclic) bond motifs is 1. The maximum absolute atomic E-state index is 12.2. The summed E-state index contributed by atoms with van der Waals surface area (Å²) >= 11 is 12.3. The van der Waals surface area contributed by atoms with Crippen molar-refractivity contribution in [2.45, 2.75) is 45.3 Å². The molecule has 1 amide bonds. The highest BCUT2D eigenvalue weighted by Crippen LogP contribution is 2.45. The number of carbonyl (C=O) groups excluding carboxylic acids is 2. The first-order valence-electron chi connectivity index (χ1n) is 8.48. The third-order valence-corrected chi connectivity index (χ3v) is 5.20. The van der Waals surface area contributed by atoms with Gasteiger partial charge in [-0.2, -0.15) is 0 Å². The van der Waals surface area contributed by atoms with E-state index in [9.17, 15) is 9.59 Å². The van der Waals surface area contributed by atoms with Crippen molar-refractivity contribution < 1.29 is 14.3 Å². The van der Waals surface area contributed by atoms with E-state index in [1.807, 2.05) is 37.7 Å². The number of hydrogen-bond donors (Lipinski definition) is 1. The number of ether oxygens (including phenoxy) is 1. The van der Waals surface area contributed by atoms with E-state index in [-0.39, 0.29) is 12.1 Å². The molecule has 0 saturated carbocycles. The maximum atomic E-state index is 12.2. The van der Waals surface area contributed by atoms with Crippen LogP contribution in [0.4, 0.5) is 16.2 Å². The number of nitrogens with zero attached hydrogens (tertiary/aromatic N) is 2. The van der Waals surface area contributed by atoms with E-state index < -0.39 is 5.60 Å². The van der Waals surface area contributed by atoms with Gasteiger partial charge >= 0.3 is 6.09 Å². The summed E-state index contributed by atoms with van der Waals surface area (Å²) in [6, 6.07) is 3.60. The molecule has 0 aliphatic carbocycles. The van der Waals surface area contributed by atoms with E-state index in [1.165, 1.54) is 0 Å². The molecule has 1 aromatic rings. The van der Waals surface area contributed by atoms with Gasteiger partial charge in [0.2, 0.25) is 0 Å². The number of carbonyl (C=O) groups is 1. The molecule has 140 valence electrons. The zero-order valence-electron chi connectivity index (χ0n) is 14.9. The monoisotopic (exact) mass is 397 g/mol. The minimum absolute atomic E-state index is 0.0520. The Morgan fingerprint density at radius 1 is 1.27 bits per heavy atom. The molecule has 0 atom stereocenters. The Labute approximate surface area is 162 Å². The van der Waals surface area contributed by atoms with Gasteiger partial charge in [0, 0.05) is 19.1 Å². The minimum atomic E-state index is -0.519. The third-order valence-electron chi connectivity index (χ3n) is 4.39. The molecular weight excluding hydrogens is 377 g/mol. The number of nitrogens with one attached hydrogen (secondary N) is 1. The molecule has 1 saturated heterocycles. The second-order valence-corrected chi connectivity index (χ2v) is 8.18. The lowest BCUT2D eigenvalue weighted by Gasteiger charge is -2.37. The van der Waals surface area contributed by atoms with E-state index in [0.717, 1.165) is 5.69 Å². The highest BCUT2D eigenvalue weighted by molar-refractivity contribution is 6.44. The second kappa shape index (κ2) is 7.03. The standard InChI is InChI=1S/C18H21Cl2N3O3/c1-18(2,3)26-17(25)22-8-6-11(7-9-22)23-13-5-4-12(19)15(20)16(13)21-14(23)10-24/h4-5,11,21H,6-9H2,1-3H3. The summed E-state index contributed by atoms with van der Waals surface area (Å²) in [6.45, 7) is 6.65. The van der Waals surface area contributed by atoms with Crippen LogP contribution in [0.5, 0.6) is 0 Å². The molecule has 0 bridgehead atoms. The van der Waals surface area contributed by atoms with E-state index in [0.29, 0.717) is 47.5 Å². The van der Waals surface area contributed by atoms with Gasteiger partial charge in [0.1, 0.15) is 5.60 Å². The second-order valence-electron chi connectivity index (χ2n) is 7.40. The van der Waals surface area contributed by atoms with Gasteiger partial charge in [0.25, 0.3) is 0 Å². The van der Waals surface area contributed by atoms with Gasteiger partial charge in [-0.3, -0.25) is 0 Å². The Kier molecular flexibility index (Phi) is 5.11. The zero-order chi connectivity index (χ0) is 19.1. The molecule has 1 fully saturated rings. The number of piperidine rings is 1. The zero-order valence-corrected chi connectivity index (χ0v) is 16.4. The average molecular weight is 398 g/mol. The normalized spacial score (nSPS) is 17.7. The molecule has 1 aromatic carbocycles. The number of anilines is 2. The van der Waals surface area contributed by atoms with Gasteiger partial charge in [-0.15, -0.1) is 0 Å². The van der Waals surface area contributed by atoms with Gasteiger partial charge in [0.15, 0.2) is 11.8 Å². The van der Waals surface area contributed by atoms with Crippen LogP contribution < -0.4 is 10.2 Å². The summed E-state index contributed by atoms with van der Waals surface area (Å²) in [7, 11) is 0. The molecule has 0 aromatic heterocycles. The maximum Gasteiger partial charge on any atom is 0.410 e. The topological polar surface area (TPSA) is 61.9 Å². The summed E-state index contributed by atoms with van der Waals surface area (Å²) in [4.78, 5) is 27.2. The summed E-state index contributed by atoms with van der Waals surface area (Å²) in [6.07, 6.45) is 1.09. The summed E-state index contributed by atoms with van der Waals surface area (Å²) in [5.41, 5.74) is 0.899. The molecule has 6 nitrogen and oxygen atoms in total. The van der Waals surface area contributed by atoms with E-state index in [2.05, 4.69) is 5.32 Å². The van der Waals surface area contributed by atoms with Gasteiger partial charge < -0.3 is 19.9 Å². The average Bonchev–Trinajstić information content (AvgIpc) is 2.96. The molecule has 26 heavy (non-hydrogen) atoms. The van der Waals surface area contributed by atoms with Crippen LogP contribution in [0.15, 0.2) is 18.0 Å². The molecule has 2 aliphatic heterocycles. The molecule has 0 spiro atoms. The van der Waals surface area contributed by atoms with Crippen molar-refractivity contribution in [2.24, 2.45) is 0 Å². The van der Waals surface area contributed by atoms with Crippen LogP contribution in [-0.4, -0.2) is 41.7 Å². The largest absolute Gasteiger partial charge is 0.444 e. The molecule has 2 heterocycles. The van der Waals surface area contributed by atoms with Crippen molar-refractivity contribution in [1.29, 1.82) is 0 Å². The summed E-state index contributed by atoms with van der Waals surface area (Å²) < 4.78 is 5.43. The number of rotatable bonds is 1. The van der Waals surface area contributed by atoms with Gasteiger partial charge in [-0.25, -0.2) is 9.59 Å². The number of amides is 1. The first-order valence-corrected chi connectivity index (χ1v) is 9.24. The van der Waals surface area contributed by atoms with Crippen LogP contribution in [0.25, 0.3) is 0 Å². The Hall–Kier alpha value is -1.88. The first kappa shape index (κ1) is 18.9. The van der Waals surface area contributed by atoms with Crippen LogP contribution >= 0.6 is 23.2 Å². The van der Waals surface area contributed by atoms with Gasteiger partial charge in [0.05, 0.1) is 21.4 Å². The van der Waals surface area contributed by atoms with Crippen molar-refractivity contribution in [3.63, 3.8) is 0 Å². The third kappa shape index (κ3) is 3.63. The number of hydrogen-bond acceptors (Lipinski definition) is 5. The molecule has 0 radical (unpaired) electrons. The fourth-order valence-corrected chi connectivity index (χ4v) is 3.61. The Morgan fingerprint density at radius 2 is 1.92 bits per heavy atom. The van der Waals surface area contributed by atoms with Crippen LogP contribution in [-0.2, 0) is 9.53 Å². The van der Waals surface area contributed by atoms with Crippen LogP contribution in [0.2, 0.25) is 10.0 Å². The smallest absolute Gasteiger partial charge is 0.410 e. The molecule has 3 rings (SSSR count). The van der Waals surface area contributed by atoms with Crippen LogP contribution in [0, 0.1) is 0 Å². The molecule has 8 heteroatoms. The van der Waals surface area contributed by atoms with Crippen LogP contribution in [0.1, 0.15) is 33.6 Å². The van der Waals surface area contributed by atoms with E-state index >= 15 is 0 Å². The molecular formula is C18H21Cl2N3O3. The van der Waals surface area contributed by atoms with E-state index in [1.54, 1.807) is 11.0 Å². The lowest BCUT2D eigenvalue weighted by atomic mass is 10.0. The SMILES string of the molecule is CC(C)(C)OC(=O)N1CCC(N2C(=C=O)Nc3c2ccc(Cl)c3Cl)CC1. The minimum Gasteiger partial charge on any atom is -0.444 e. The van der Waals surface area contributed by atoms with Crippen molar-refractivity contribution in [3.05, 3.63) is 28.0 Å². The fourth-order valence-electron chi connectivity index (χ4n) is 3.25. The lowest BCUT2D eigenvalue weighted by Crippen LogP contribution is -2.47. The van der Waals surface area contributed by atoms with E-state index in [4.69, 9.17) is 27.9 Å². The predicted molar refractivity (Wildman–Crippen MR) is 103 cm³/mol. The quantitative estimate of drug-likeness (QED) is 0.715. The van der Waals surface area contributed by atoms with Crippen molar-refractivity contribution >= 4 is 46.6 Å². The van der Waals surface area contributed by atoms with Gasteiger partial charge in [-0.05, 0) is 45.7 Å². The molecule has 0 unspecified atom stereocenters. The lowest BCUT2D eigenvalue weighted by molar-refractivity contribution is 0.0206. The Bertz CT molecular complexity index is 777. The molecule has 2 aliphatic rings. The van der Waals surface area contributed by atoms with Crippen molar-refractivity contribution in [3.8, 4) is 0 Å². The number of likely N-dealkylation sites (tertiary alicyclic amines) is 1. The van der Waals surface area contributed by atoms with Crippen molar-refractivity contribution in [1.82, 2.24) is 4.90 Å².